The zero-order chi connectivity index (χ0) is 41.2. The molecule has 9 aromatic carbocycles. The lowest BCUT2D eigenvalue weighted by atomic mass is 9.95. The minimum absolute atomic E-state index is 1.02. The number of benzene rings is 9. The zero-order valence-corrected chi connectivity index (χ0v) is 34.4. The Bertz CT molecular complexity index is 3080. The van der Waals surface area contributed by atoms with Crippen LogP contribution in [0.2, 0.25) is 0 Å². The molecule has 0 saturated heterocycles. The van der Waals surface area contributed by atoms with E-state index in [4.69, 9.17) is 0 Å². The lowest BCUT2D eigenvalue weighted by Gasteiger charge is -2.26. The second kappa shape index (κ2) is 16.3. The first-order valence-corrected chi connectivity index (χ1v) is 21.6. The van der Waals surface area contributed by atoms with Crippen molar-refractivity contribution >= 4 is 34.0 Å². The van der Waals surface area contributed by atoms with E-state index in [1.165, 1.54) is 83.5 Å². The van der Waals surface area contributed by atoms with Crippen molar-refractivity contribution in [2.45, 2.75) is 12.8 Å². The zero-order valence-electron chi connectivity index (χ0n) is 34.4. The third-order valence-electron chi connectivity index (χ3n) is 12.3. The molecule has 2 heteroatoms. The average molecular weight is 793 g/mol. The lowest BCUT2D eigenvalue weighted by molar-refractivity contribution is 0.955. The number of allylic oxidation sites excluding steroid dienone is 1. The molecule has 62 heavy (non-hydrogen) atoms. The largest absolute Gasteiger partial charge is 0.311 e. The van der Waals surface area contributed by atoms with Crippen LogP contribution in [0.5, 0.6) is 0 Å². The molecule has 11 rings (SSSR count). The number of hydrogen-bond acceptors (Lipinski definition) is 1. The van der Waals surface area contributed by atoms with Gasteiger partial charge in [-0.05, 0) is 123 Å². The van der Waals surface area contributed by atoms with Crippen molar-refractivity contribution in [1.82, 2.24) is 4.57 Å². The van der Waals surface area contributed by atoms with Crippen molar-refractivity contribution in [3.63, 3.8) is 0 Å². The molecule has 1 aromatic heterocycles. The van der Waals surface area contributed by atoms with Crippen LogP contribution in [-0.2, 0) is 6.42 Å². The van der Waals surface area contributed by atoms with Crippen LogP contribution in [0.3, 0.4) is 0 Å². The smallest absolute Gasteiger partial charge is 0.0619 e. The molecule has 0 atom stereocenters. The highest BCUT2D eigenvalue weighted by Crippen LogP contribution is 2.46. The summed E-state index contributed by atoms with van der Waals surface area (Å²) in [7, 11) is 0. The van der Waals surface area contributed by atoms with Crippen molar-refractivity contribution < 1.29 is 0 Å². The van der Waals surface area contributed by atoms with Gasteiger partial charge in [-0.1, -0.05) is 188 Å². The van der Waals surface area contributed by atoms with Crippen LogP contribution in [0.25, 0.3) is 78.4 Å². The Morgan fingerprint density at radius 2 is 0.823 bits per heavy atom. The Balaban J connectivity index is 1.04. The van der Waals surface area contributed by atoms with Gasteiger partial charge < -0.3 is 9.47 Å². The molecule has 1 heterocycles. The maximum atomic E-state index is 2.53. The first-order chi connectivity index (χ1) is 30.8. The van der Waals surface area contributed by atoms with Gasteiger partial charge in [0, 0.05) is 33.7 Å². The molecule has 1 aliphatic rings. The first-order valence-electron chi connectivity index (χ1n) is 21.6. The van der Waals surface area contributed by atoms with E-state index in [1.807, 2.05) is 0 Å². The highest BCUT2D eigenvalue weighted by atomic mass is 15.1. The summed E-state index contributed by atoms with van der Waals surface area (Å²) in [6.07, 6.45) is 6.65. The van der Waals surface area contributed by atoms with E-state index in [0.29, 0.717) is 0 Å². The molecule has 0 radical (unpaired) electrons. The SMILES string of the molecule is C1=Cc2cccc(-n3c(-c4ccccc4)c(-c4ccccc4)c4cc(-c5ccc(N(c6ccc(-c7ccccc7)cc6)c6ccc(-c7ccccc7)cc6)cc5)ccc43)c2CC1. The quantitative estimate of drug-likeness (QED) is 0.141. The second-order valence-corrected chi connectivity index (χ2v) is 16.0. The Morgan fingerprint density at radius 3 is 1.35 bits per heavy atom. The summed E-state index contributed by atoms with van der Waals surface area (Å²) in [5, 5.41) is 1.24. The van der Waals surface area contributed by atoms with Crippen LogP contribution < -0.4 is 4.90 Å². The molecule has 0 spiro atoms. The van der Waals surface area contributed by atoms with Crippen LogP contribution in [-0.4, -0.2) is 4.57 Å². The fourth-order valence-corrected chi connectivity index (χ4v) is 9.27. The van der Waals surface area contributed by atoms with Crippen LogP contribution in [0.1, 0.15) is 17.5 Å². The van der Waals surface area contributed by atoms with Crippen molar-refractivity contribution in [2.75, 3.05) is 4.90 Å². The van der Waals surface area contributed by atoms with Crippen molar-refractivity contribution in [1.29, 1.82) is 0 Å². The van der Waals surface area contributed by atoms with E-state index in [9.17, 15) is 0 Å². The molecule has 0 bridgehead atoms. The summed E-state index contributed by atoms with van der Waals surface area (Å²) < 4.78 is 2.53. The Labute approximate surface area is 364 Å². The Hall–Kier alpha value is -7.94. The minimum Gasteiger partial charge on any atom is -0.311 e. The van der Waals surface area contributed by atoms with Crippen molar-refractivity contribution in [2.24, 2.45) is 0 Å². The van der Waals surface area contributed by atoms with Gasteiger partial charge in [0.05, 0.1) is 11.2 Å². The van der Waals surface area contributed by atoms with Gasteiger partial charge in [0.1, 0.15) is 0 Å². The summed E-state index contributed by atoms with van der Waals surface area (Å²) in [5.41, 5.74) is 20.5. The topological polar surface area (TPSA) is 8.17 Å². The van der Waals surface area contributed by atoms with Crippen molar-refractivity contribution in [3.05, 3.63) is 248 Å². The summed E-state index contributed by atoms with van der Waals surface area (Å²) in [6, 6.07) is 83.7. The Morgan fingerprint density at radius 1 is 0.371 bits per heavy atom. The highest BCUT2D eigenvalue weighted by molar-refractivity contribution is 6.07. The van der Waals surface area contributed by atoms with E-state index in [0.717, 1.165) is 29.9 Å². The van der Waals surface area contributed by atoms with E-state index in [-0.39, 0.29) is 0 Å². The number of rotatable bonds is 9. The van der Waals surface area contributed by atoms with E-state index < -0.39 is 0 Å². The number of hydrogen-bond donors (Lipinski definition) is 0. The molecule has 0 unspecified atom stereocenters. The van der Waals surface area contributed by atoms with Crippen LogP contribution in [0.15, 0.2) is 237 Å². The summed E-state index contributed by atoms with van der Waals surface area (Å²) in [4.78, 5) is 2.35. The number of fused-ring (bicyclic) bond motifs is 2. The molecule has 10 aromatic rings. The van der Waals surface area contributed by atoms with Gasteiger partial charge in [-0.3, -0.25) is 0 Å². The normalized spacial score (nSPS) is 12.0. The van der Waals surface area contributed by atoms with Crippen molar-refractivity contribution in [3.8, 4) is 61.5 Å². The van der Waals surface area contributed by atoms with E-state index in [1.54, 1.807) is 0 Å². The van der Waals surface area contributed by atoms with E-state index in [2.05, 4.69) is 252 Å². The molecule has 1 aliphatic carbocycles. The van der Waals surface area contributed by atoms with Gasteiger partial charge in [-0.15, -0.1) is 0 Å². The maximum Gasteiger partial charge on any atom is 0.0619 e. The molecule has 0 amide bonds. The molecule has 0 fully saturated rings. The van der Waals surface area contributed by atoms with Crippen LogP contribution >= 0.6 is 0 Å². The molecule has 0 aliphatic heterocycles. The monoisotopic (exact) mass is 792 g/mol. The van der Waals surface area contributed by atoms with Gasteiger partial charge in [-0.2, -0.15) is 0 Å². The molecular formula is C60H44N2. The number of anilines is 3. The average Bonchev–Trinajstić information content (AvgIpc) is 3.70. The van der Waals surface area contributed by atoms with Gasteiger partial charge in [0.25, 0.3) is 0 Å². The van der Waals surface area contributed by atoms with Gasteiger partial charge in [0.2, 0.25) is 0 Å². The van der Waals surface area contributed by atoms with Gasteiger partial charge in [0.15, 0.2) is 0 Å². The fourth-order valence-electron chi connectivity index (χ4n) is 9.27. The Kier molecular flexibility index (Phi) is 9.72. The molecular weight excluding hydrogens is 749 g/mol. The fraction of sp³-hybridized carbons (Fsp3) is 0.0333. The van der Waals surface area contributed by atoms with E-state index >= 15 is 0 Å². The third-order valence-corrected chi connectivity index (χ3v) is 12.3. The molecule has 0 saturated carbocycles. The van der Waals surface area contributed by atoms with Gasteiger partial charge >= 0.3 is 0 Å². The predicted octanol–water partition coefficient (Wildman–Crippen LogP) is 16.4. The van der Waals surface area contributed by atoms with Gasteiger partial charge in [-0.25, -0.2) is 0 Å². The lowest BCUT2D eigenvalue weighted by Crippen LogP contribution is -2.09. The summed E-state index contributed by atoms with van der Waals surface area (Å²) >= 11 is 0. The summed E-state index contributed by atoms with van der Waals surface area (Å²) in [5.74, 6) is 0. The minimum atomic E-state index is 1.02. The standard InChI is InChI=1S/C60H44N2/c1-5-16-43(17-6-1)45-28-35-52(36-29-45)61(53-37-30-46(31-38-53)44-18-7-2-8-19-44)54-39-32-47(33-40-54)51-34-41-58-56(42-51)59(49-21-9-3-10-22-49)60(50-23-11-4-12-24-50)62(58)57-27-15-25-48-20-13-14-26-55(48)57/h1-13,15-25,27-42H,14,26H2. The maximum absolute atomic E-state index is 2.53. The second-order valence-electron chi connectivity index (χ2n) is 16.0. The predicted molar refractivity (Wildman–Crippen MR) is 262 cm³/mol. The van der Waals surface area contributed by atoms with Crippen LogP contribution in [0, 0.1) is 0 Å². The van der Waals surface area contributed by atoms with Crippen LogP contribution in [0.4, 0.5) is 17.1 Å². The highest BCUT2D eigenvalue weighted by Gasteiger charge is 2.24. The number of nitrogens with zero attached hydrogens (tertiary/aromatic N) is 2. The summed E-state index contributed by atoms with van der Waals surface area (Å²) in [6.45, 7) is 0. The molecule has 0 N–H and O–H groups in total. The number of aromatic nitrogens is 1. The first kappa shape index (κ1) is 37.1. The third kappa shape index (κ3) is 6.92. The molecule has 294 valence electrons. The molecule has 2 nitrogen and oxygen atoms in total.